The number of rotatable bonds is 5. The van der Waals surface area contributed by atoms with Crippen LogP contribution in [0.2, 0.25) is 5.02 Å². The van der Waals surface area contributed by atoms with E-state index >= 15 is 0 Å². The van der Waals surface area contributed by atoms with Gasteiger partial charge in [-0.3, -0.25) is 9.80 Å². The topological polar surface area (TPSA) is 57.2 Å². The van der Waals surface area contributed by atoms with Crippen LogP contribution in [0.25, 0.3) is 0 Å². The maximum absolute atomic E-state index is 12.5. The summed E-state index contributed by atoms with van der Waals surface area (Å²) in [7, 11) is 5.30. The lowest BCUT2D eigenvalue weighted by molar-refractivity contribution is 0.0941. The van der Waals surface area contributed by atoms with Gasteiger partial charge in [0.05, 0.1) is 36.0 Å². The number of hydrazone groups is 1. The first-order valence-corrected chi connectivity index (χ1v) is 7.48. The second-order valence-electron chi connectivity index (χ2n) is 5.25. The second kappa shape index (κ2) is 6.87. The van der Waals surface area contributed by atoms with Crippen molar-refractivity contribution in [2.45, 2.75) is 13.0 Å². The number of carbonyl (C=O) groups excluding carboxylic acids is 1. The molecular weight excluding hydrogens is 304 g/mol. The number of halogens is 1. The van der Waals surface area contributed by atoms with Crippen LogP contribution < -0.4 is 15.0 Å². The molecule has 0 radical (unpaired) electrons. The van der Waals surface area contributed by atoms with Crippen molar-refractivity contribution in [2.24, 2.45) is 5.10 Å². The standard InChI is InChI=1S/C15H21ClN4O2/c1-5-20-9-10(8-17-20)18-15(21)11-6-12(16)13(19(2)3)7-14(11)22-4/h6-8,10H,5,9H2,1-4H3,(H,18,21). The summed E-state index contributed by atoms with van der Waals surface area (Å²) in [5.74, 6) is 0.270. The molecule has 0 aliphatic carbocycles. The van der Waals surface area contributed by atoms with Crippen molar-refractivity contribution in [2.75, 3.05) is 39.2 Å². The molecule has 7 heteroatoms. The first kappa shape index (κ1) is 16.4. The molecule has 22 heavy (non-hydrogen) atoms. The number of nitrogens with one attached hydrogen (secondary N) is 1. The Hall–Kier alpha value is -1.95. The highest BCUT2D eigenvalue weighted by Gasteiger charge is 2.22. The third-order valence-electron chi connectivity index (χ3n) is 3.49. The summed E-state index contributed by atoms with van der Waals surface area (Å²) in [5, 5.41) is 9.54. The fraction of sp³-hybridized carbons (Fsp3) is 0.467. The molecule has 1 atom stereocenters. The Labute approximate surface area is 135 Å². The van der Waals surface area contributed by atoms with Gasteiger partial charge >= 0.3 is 0 Å². The highest BCUT2D eigenvalue weighted by atomic mass is 35.5. The van der Waals surface area contributed by atoms with Gasteiger partial charge in [-0.2, -0.15) is 5.10 Å². The zero-order chi connectivity index (χ0) is 16.3. The molecule has 0 spiro atoms. The molecule has 1 unspecified atom stereocenters. The molecular formula is C15H21ClN4O2. The highest BCUT2D eigenvalue weighted by molar-refractivity contribution is 6.33. The summed E-state index contributed by atoms with van der Waals surface area (Å²) in [4.78, 5) is 14.3. The van der Waals surface area contributed by atoms with E-state index in [0.717, 1.165) is 12.2 Å². The van der Waals surface area contributed by atoms with E-state index < -0.39 is 0 Å². The number of benzene rings is 1. The number of hydrogen-bond acceptors (Lipinski definition) is 5. The van der Waals surface area contributed by atoms with Crippen LogP contribution in [0, 0.1) is 0 Å². The number of ether oxygens (including phenoxy) is 1. The zero-order valence-electron chi connectivity index (χ0n) is 13.3. The van der Waals surface area contributed by atoms with E-state index in [1.165, 1.54) is 7.11 Å². The fourth-order valence-corrected chi connectivity index (χ4v) is 2.60. The van der Waals surface area contributed by atoms with Gasteiger partial charge in [0.1, 0.15) is 5.75 Å². The van der Waals surface area contributed by atoms with Crippen LogP contribution in [-0.4, -0.2) is 57.5 Å². The molecule has 1 aromatic carbocycles. The third kappa shape index (κ3) is 3.44. The Kier molecular flexibility index (Phi) is 5.13. The minimum atomic E-state index is -0.224. The number of amides is 1. The van der Waals surface area contributed by atoms with Gasteiger partial charge in [0.25, 0.3) is 5.91 Å². The second-order valence-corrected chi connectivity index (χ2v) is 5.66. The average Bonchev–Trinajstić information content (AvgIpc) is 2.94. The molecule has 1 aromatic rings. The number of anilines is 1. The van der Waals surface area contributed by atoms with Crippen molar-refractivity contribution in [1.29, 1.82) is 0 Å². The highest BCUT2D eigenvalue weighted by Crippen LogP contribution is 2.32. The van der Waals surface area contributed by atoms with E-state index in [2.05, 4.69) is 10.4 Å². The van der Waals surface area contributed by atoms with Gasteiger partial charge in [0.2, 0.25) is 0 Å². The quantitative estimate of drug-likeness (QED) is 0.898. The van der Waals surface area contributed by atoms with Crippen LogP contribution in [-0.2, 0) is 0 Å². The Bertz CT molecular complexity index is 589. The summed E-state index contributed by atoms with van der Waals surface area (Å²) in [6.45, 7) is 3.51. The van der Waals surface area contributed by atoms with E-state index in [-0.39, 0.29) is 11.9 Å². The van der Waals surface area contributed by atoms with Crippen LogP contribution in [0.15, 0.2) is 17.2 Å². The van der Waals surface area contributed by atoms with Crippen LogP contribution in [0.1, 0.15) is 17.3 Å². The maximum atomic E-state index is 12.5. The lowest BCUT2D eigenvalue weighted by Crippen LogP contribution is -2.39. The Balaban J connectivity index is 2.19. The minimum Gasteiger partial charge on any atom is -0.496 e. The van der Waals surface area contributed by atoms with E-state index in [0.29, 0.717) is 22.9 Å². The molecule has 0 bridgehead atoms. The number of hydrogen-bond donors (Lipinski definition) is 1. The number of nitrogens with zero attached hydrogens (tertiary/aromatic N) is 3. The minimum absolute atomic E-state index is 0.107. The predicted molar refractivity (Wildman–Crippen MR) is 89.3 cm³/mol. The van der Waals surface area contributed by atoms with Gasteiger partial charge in [-0.05, 0) is 13.0 Å². The van der Waals surface area contributed by atoms with E-state index in [4.69, 9.17) is 16.3 Å². The van der Waals surface area contributed by atoms with E-state index in [1.807, 2.05) is 30.9 Å². The summed E-state index contributed by atoms with van der Waals surface area (Å²) < 4.78 is 5.33. The molecule has 0 saturated carbocycles. The monoisotopic (exact) mass is 324 g/mol. The van der Waals surface area contributed by atoms with Gasteiger partial charge in [0, 0.05) is 32.9 Å². The summed E-state index contributed by atoms with van der Waals surface area (Å²) in [6, 6.07) is 3.29. The van der Waals surface area contributed by atoms with Crippen LogP contribution in [0.5, 0.6) is 5.75 Å². The molecule has 2 rings (SSSR count). The molecule has 1 N–H and O–H groups in total. The van der Waals surface area contributed by atoms with Crippen molar-refractivity contribution in [3.8, 4) is 5.75 Å². The first-order chi connectivity index (χ1) is 10.5. The van der Waals surface area contributed by atoms with Crippen molar-refractivity contribution >= 4 is 29.4 Å². The van der Waals surface area contributed by atoms with Gasteiger partial charge in [-0.1, -0.05) is 11.6 Å². The molecule has 1 amide bonds. The van der Waals surface area contributed by atoms with Crippen molar-refractivity contribution in [3.63, 3.8) is 0 Å². The number of likely N-dealkylation sites (N-methyl/N-ethyl adjacent to an activating group) is 1. The van der Waals surface area contributed by atoms with Gasteiger partial charge in [-0.25, -0.2) is 0 Å². The van der Waals surface area contributed by atoms with Crippen molar-refractivity contribution in [3.05, 3.63) is 22.7 Å². The SMILES string of the molecule is CCN1CC(NC(=O)c2cc(Cl)c(N(C)C)cc2OC)C=N1. The molecule has 1 aliphatic heterocycles. The van der Waals surface area contributed by atoms with E-state index in [9.17, 15) is 4.79 Å². The average molecular weight is 325 g/mol. The molecule has 0 aromatic heterocycles. The number of carbonyl (C=O) groups is 1. The van der Waals surface area contributed by atoms with Gasteiger partial charge < -0.3 is 15.0 Å². The normalized spacial score (nSPS) is 16.8. The summed E-state index contributed by atoms with van der Waals surface area (Å²) in [6.07, 6.45) is 1.74. The lowest BCUT2D eigenvalue weighted by Gasteiger charge is -2.19. The van der Waals surface area contributed by atoms with Crippen LogP contribution in [0.3, 0.4) is 0 Å². The Morgan fingerprint density at radius 1 is 1.55 bits per heavy atom. The smallest absolute Gasteiger partial charge is 0.255 e. The number of methoxy groups -OCH3 is 1. The molecule has 1 aliphatic rings. The molecule has 6 nitrogen and oxygen atoms in total. The lowest BCUT2D eigenvalue weighted by atomic mass is 10.1. The van der Waals surface area contributed by atoms with E-state index in [1.54, 1.807) is 18.3 Å². The molecule has 0 saturated heterocycles. The Morgan fingerprint density at radius 2 is 2.27 bits per heavy atom. The van der Waals surface area contributed by atoms with Gasteiger partial charge in [-0.15, -0.1) is 0 Å². The third-order valence-corrected chi connectivity index (χ3v) is 3.80. The van der Waals surface area contributed by atoms with Gasteiger partial charge in [0.15, 0.2) is 0 Å². The predicted octanol–water partition coefficient (Wildman–Crippen LogP) is 1.83. The maximum Gasteiger partial charge on any atom is 0.255 e. The first-order valence-electron chi connectivity index (χ1n) is 7.11. The summed E-state index contributed by atoms with van der Waals surface area (Å²) in [5.41, 5.74) is 1.22. The Morgan fingerprint density at radius 3 is 2.82 bits per heavy atom. The molecule has 1 heterocycles. The van der Waals surface area contributed by atoms with Crippen molar-refractivity contribution < 1.29 is 9.53 Å². The fourth-order valence-electron chi connectivity index (χ4n) is 2.27. The zero-order valence-corrected chi connectivity index (χ0v) is 14.0. The van der Waals surface area contributed by atoms with Crippen molar-refractivity contribution in [1.82, 2.24) is 10.3 Å². The molecule has 120 valence electrons. The largest absolute Gasteiger partial charge is 0.496 e. The summed E-state index contributed by atoms with van der Waals surface area (Å²) >= 11 is 6.25. The van der Waals surface area contributed by atoms with Crippen LogP contribution in [0.4, 0.5) is 5.69 Å². The molecule has 0 fully saturated rings. The van der Waals surface area contributed by atoms with Crippen LogP contribution >= 0.6 is 11.6 Å².